The Labute approximate surface area is 169 Å². The maximum absolute atomic E-state index is 11.9. The van der Waals surface area contributed by atoms with E-state index in [1.807, 2.05) is 13.8 Å². The first-order valence-corrected chi connectivity index (χ1v) is 11.9. The quantitative estimate of drug-likeness (QED) is 0.187. The Hall–Kier alpha value is -0.700. The van der Waals surface area contributed by atoms with Crippen LogP contribution in [0.2, 0.25) is 0 Å². The molecule has 0 spiro atoms. The molecule has 0 amide bonds. The van der Waals surface area contributed by atoms with E-state index in [0.29, 0.717) is 6.42 Å². The highest BCUT2D eigenvalue weighted by Crippen LogP contribution is 2.14. The minimum atomic E-state index is -0.612. The van der Waals surface area contributed by atoms with Crippen LogP contribution < -0.4 is 5.73 Å². The van der Waals surface area contributed by atoms with Crippen molar-refractivity contribution < 1.29 is 9.59 Å². The van der Waals surface area contributed by atoms with E-state index in [9.17, 15) is 9.59 Å². The van der Waals surface area contributed by atoms with Crippen molar-refractivity contribution in [2.45, 2.75) is 136 Å². The molecule has 0 unspecified atom stereocenters. The molecule has 0 aromatic heterocycles. The van der Waals surface area contributed by atoms with E-state index in [0.717, 1.165) is 19.3 Å². The Morgan fingerprint density at radius 2 is 1.04 bits per heavy atom. The number of rotatable bonds is 20. The van der Waals surface area contributed by atoms with Crippen LogP contribution in [0.3, 0.4) is 0 Å². The summed E-state index contributed by atoms with van der Waals surface area (Å²) < 4.78 is 0. The van der Waals surface area contributed by atoms with Gasteiger partial charge in [-0.15, -0.1) is 0 Å². The van der Waals surface area contributed by atoms with Gasteiger partial charge in [-0.05, 0) is 12.3 Å². The summed E-state index contributed by atoms with van der Waals surface area (Å²) in [5, 5.41) is 0. The van der Waals surface area contributed by atoms with E-state index in [2.05, 4.69) is 6.92 Å². The summed E-state index contributed by atoms with van der Waals surface area (Å²) in [5.74, 6) is -0.547. The van der Waals surface area contributed by atoms with E-state index in [-0.39, 0.29) is 17.5 Å². The molecule has 27 heavy (non-hydrogen) atoms. The molecule has 160 valence electrons. The van der Waals surface area contributed by atoms with Crippen LogP contribution in [-0.2, 0) is 9.59 Å². The van der Waals surface area contributed by atoms with Gasteiger partial charge in [0.25, 0.3) is 0 Å². The monoisotopic (exact) mass is 381 g/mol. The van der Waals surface area contributed by atoms with Crippen molar-refractivity contribution in [1.82, 2.24) is 0 Å². The third kappa shape index (κ3) is 15.0. The highest BCUT2D eigenvalue weighted by atomic mass is 16.2. The molecule has 3 heteroatoms. The fourth-order valence-corrected chi connectivity index (χ4v) is 3.48. The van der Waals surface area contributed by atoms with Crippen molar-refractivity contribution in [3.05, 3.63) is 0 Å². The number of nitrogens with two attached hydrogens (primary N) is 1. The van der Waals surface area contributed by atoms with Crippen molar-refractivity contribution >= 4 is 11.6 Å². The van der Waals surface area contributed by atoms with E-state index >= 15 is 0 Å². The number of unbranched alkanes of at least 4 members (excludes halogenated alkanes) is 14. The van der Waals surface area contributed by atoms with Gasteiger partial charge >= 0.3 is 0 Å². The zero-order valence-electron chi connectivity index (χ0n) is 18.6. The molecule has 0 rings (SSSR count). The molecular weight excluding hydrogens is 334 g/mol. The van der Waals surface area contributed by atoms with Crippen LogP contribution in [0.5, 0.6) is 0 Å². The average molecular weight is 382 g/mol. The van der Waals surface area contributed by atoms with Crippen LogP contribution >= 0.6 is 0 Å². The Balaban J connectivity index is 3.38. The van der Waals surface area contributed by atoms with Crippen molar-refractivity contribution in [3.8, 4) is 0 Å². The van der Waals surface area contributed by atoms with Crippen molar-refractivity contribution in [1.29, 1.82) is 0 Å². The lowest BCUT2D eigenvalue weighted by Gasteiger charge is -2.15. The van der Waals surface area contributed by atoms with Crippen molar-refractivity contribution in [2.24, 2.45) is 11.7 Å². The molecule has 0 bridgehead atoms. The molecule has 0 aliphatic rings. The maximum Gasteiger partial charge on any atom is 0.215 e. The zero-order chi connectivity index (χ0) is 20.3. The highest BCUT2D eigenvalue weighted by molar-refractivity contribution is 6.39. The van der Waals surface area contributed by atoms with Crippen molar-refractivity contribution in [3.63, 3.8) is 0 Å². The molecule has 0 heterocycles. The number of carbonyl (C=O) groups excluding carboxylic acids is 2. The second-order valence-electron chi connectivity index (χ2n) is 8.40. The predicted molar refractivity (Wildman–Crippen MR) is 117 cm³/mol. The van der Waals surface area contributed by atoms with Crippen LogP contribution in [-0.4, -0.2) is 17.6 Å². The molecule has 0 radical (unpaired) electrons. The first-order valence-electron chi connectivity index (χ1n) is 11.9. The first-order chi connectivity index (χ1) is 13.0. The van der Waals surface area contributed by atoms with E-state index < -0.39 is 6.04 Å². The van der Waals surface area contributed by atoms with E-state index in [1.54, 1.807) is 0 Å². The summed E-state index contributed by atoms with van der Waals surface area (Å²) in [7, 11) is 0. The second kappa shape index (κ2) is 18.7. The van der Waals surface area contributed by atoms with Gasteiger partial charge in [-0.3, -0.25) is 9.59 Å². The van der Waals surface area contributed by atoms with Crippen LogP contribution in [0, 0.1) is 5.92 Å². The smallest absolute Gasteiger partial charge is 0.215 e. The molecule has 0 aromatic rings. The Morgan fingerprint density at radius 3 is 1.41 bits per heavy atom. The first kappa shape index (κ1) is 26.3. The van der Waals surface area contributed by atoms with Crippen LogP contribution in [0.15, 0.2) is 0 Å². The normalized spacial score (nSPS) is 13.5. The minimum Gasteiger partial charge on any atom is -0.321 e. The minimum absolute atomic E-state index is 0.0857. The Kier molecular flexibility index (Phi) is 18.2. The SMILES string of the molecule is CCCCCCCCCCCCCCCCCC(=O)C(=O)[C@@H](N)[C@@H](C)CC. The van der Waals surface area contributed by atoms with Gasteiger partial charge in [0.05, 0.1) is 6.04 Å². The van der Waals surface area contributed by atoms with Gasteiger partial charge in [-0.1, -0.05) is 117 Å². The number of ketones is 2. The summed E-state index contributed by atoms with van der Waals surface area (Å²) >= 11 is 0. The van der Waals surface area contributed by atoms with Gasteiger partial charge in [0.15, 0.2) is 5.78 Å². The van der Waals surface area contributed by atoms with Gasteiger partial charge in [0.1, 0.15) is 0 Å². The van der Waals surface area contributed by atoms with Gasteiger partial charge in [0.2, 0.25) is 5.78 Å². The molecular formula is C24H47NO2. The van der Waals surface area contributed by atoms with E-state index in [4.69, 9.17) is 5.73 Å². The summed E-state index contributed by atoms with van der Waals surface area (Å²) in [6, 6.07) is -0.612. The second-order valence-corrected chi connectivity index (χ2v) is 8.40. The largest absolute Gasteiger partial charge is 0.321 e. The molecule has 0 fully saturated rings. The fraction of sp³-hybridized carbons (Fsp3) is 0.917. The molecule has 3 nitrogen and oxygen atoms in total. The summed E-state index contributed by atoms with van der Waals surface area (Å²) in [4.78, 5) is 23.9. The van der Waals surface area contributed by atoms with Gasteiger partial charge in [0, 0.05) is 6.42 Å². The molecule has 0 aliphatic heterocycles. The summed E-state index contributed by atoms with van der Waals surface area (Å²) in [6.45, 7) is 6.20. The predicted octanol–water partition coefficient (Wildman–Crippen LogP) is 6.76. The number of carbonyl (C=O) groups is 2. The zero-order valence-corrected chi connectivity index (χ0v) is 18.6. The third-order valence-corrected chi connectivity index (χ3v) is 5.84. The van der Waals surface area contributed by atoms with Crippen molar-refractivity contribution in [2.75, 3.05) is 0 Å². The number of hydrogen-bond donors (Lipinski definition) is 1. The Bertz CT molecular complexity index is 367. The van der Waals surface area contributed by atoms with E-state index in [1.165, 1.54) is 83.5 Å². The molecule has 2 atom stereocenters. The number of hydrogen-bond acceptors (Lipinski definition) is 3. The topological polar surface area (TPSA) is 60.2 Å². The summed E-state index contributed by atoms with van der Waals surface area (Å²) in [5.41, 5.74) is 5.86. The van der Waals surface area contributed by atoms with Gasteiger partial charge in [-0.2, -0.15) is 0 Å². The lowest BCUT2D eigenvalue weighted by molar-refractivity contribution is -0.138. The fourth-order valence-electron chi connectivity index (χ4n) is 3.48. The molecule has 0 saturated carbocycles. The van der Waals surface area contributed by atoms with Gasteiger partial charge in [-0.25, -0.2) is 0 Å². The molecule has 0 aliphatic carbocycles. The summed E-state index contributed by atoms with van der Waals surface area (Å²) in [6.07, 6.45) is 20.7. The molecule has 2 N–H and O–H groups in total. The lowest BCUT2D eigenvalue weighted by Crippen LogP contribution is -2.40. The van der Waals surface area contributed by atoms with Crippen LogP contribution in [0.25, 0.3) is 0 Å². The Morgan fingerprint density at radius 1 is 0.667 bits per heavy atom. The van der Waals surface area contributed by atoms with Gasteiger partial charge < -0.3 is 5.73 Å². The molecule has 0 aromatic carbocycles. The van der Waals surface area contributed by atoms with Crippen LogP contribution in [0.1, 0.15) is 130 Å². The maximum atomic E-state index is 11.9. The highest BCUT2D eigenvalue weighted by Gasteiger charge is 2.24. The number of Topliss-reactive ketones (excluding diaryl/α,β-unsaturated/α-hetero) is 2. The third-order valence-electron chi connectivity index (χ3n) is 5.84. The average Bonchev–Trinajstić information content (AvgIpc) is 2.68. The van der Waals surface area contributed by atoms with Crippen LogP contribution in [0.4, 0.5) is 0 Å². The lowest BCUT2D eigenvalue weighted by atomic mass is 9.93. The standard InChI is InChI=1S/C24H47NO2/c1-4-6-7-8-9-10-11-12-13-14-15-16-17-18-19-20-22(26)24(27)23(25)21(3)5-2/h21,23H,4-20,25H2,1-3H3/t21-,23-/m0/s1. The molecule has 0 saturated heterocycles.